The molecule has 0 atom stereocenters. The van der Waals surface area contributed by atoms with Gasteiger partial charge in [-0.3, -0.25) is 4.40 Å². The summed E-state index contributed by atoms with van der Waals surface area (Å²) in [7, 11) is 0. The van der Waals surface area contributed by atoms with Gasteiger partial charge in [-0.2, -0.15) is 0 Å². The molecule has 9 heteroatoms. The standard InChI is InChI=1S/C18H20Cl2N6O/c1-2-21-18(22-9-11-27-14-7-5-6-13(19)17(14)20)23-12-16-25-24-15-8-3-4-10-26(15)16/h3-8,10H,2,9,11-12H2,1H3,(H2,21,22,23). The molecule has 0 aliphatic heterocycles. The van der Waals surface area contributed by atoms with E-state index < -0.39 is 0 Å². The van der Waals surface area contributed by atoms with Gasteiger partial charge in [-0.25, -0.2) is 4.99 Å². The lowest BCUT2D eigenvalue weighted by Gasteiger charge is -2.12. The summed E-state index contributed by atoms with van der Waals surface area (Å²) in [5, 5.41) is 15.6. The fourth-order valence-corrected chi connectivity index (χ4v) is 2.76. The largest absolute Gasteiger partial charge is 0.490 e. The molecule has 0 saturated heterocycles. The maximum absolute atomic E-state index is 6.11. The van der Waals surface area contributed by atoms with Gasteiger partial charge < -0.3 is 15.4 Å². The second-order valence-corrected chi connectivity index (χ2v) is 6.35. The van der Waals surface area contributed by atoms with Crippen LogP contribution in [-0.2, 0) is 6.54 Å². The van der Waals surface area contributed by atoms with Crippen molar-refractivity contribution in [1.29, 1.82) is 0 Å². The summed E-state index contributed by atoms with van der Waals surface area (Å²) in [6, 6.07) is 11.1. The highest BCUT2D eigenvalue weighted by atomic mass is 35.5. The maximum Gasteiger partial charge on any atom is 0.191 e. The van der Waals surface area contributed by atoms with E-state index in [1.54, 1.807) is 18.2 Å². The van der Waals surface area contributed by atoms with Gasteiger partial charge in [0.05, 0.1) is 11.6 Å². The van der Waals surface area contributed by atoms with E-state index in [1.807, 2.05) is 35.7 Å². The van der Waals surface area contributed by atoms with Crippen molar-refractivity contribution in [3.05, 3.63) is 58.5 Å². The molecule has 0 fully saturated rings. The van der Waals surface area contributed by atoms with Crippen LogP contribution in [0.25, 0.3) is 5.65 Å². The number of halogens is 2. The molecule has 0 spiro atoms. The molecule has 7 nitrogen and oxygen atoms in total. The minimum absolute atomic E-state index is 0.404. The zero-order valence-corrected chi connectivity index (χ0v) is 16.3. The summed E-state index contributed by atoms with van der Waals surface area (Å²) in [5.74, 6) is 2.00. The Hall–Kier alpha value is -2.51. The Balaban J connectivity index is 1.55. The molecule has 2 heterocycles. The number of rotatable bonds is 7. The van der Waals surface area contributed by atoms with Gasteiger partial charge in [0.2, 0.25) is 0 Å². The summed E-state index contributed by atoms with van der Waals surface area (Å²) in [6.45, 7) is 4.12. The lowest BCUT2D eigenvalue weighted by Crippen LogP contribution is -2.39. The second-order valence-electron chi connectivity index (χ2n) is 5.57. The minimum Gasteiger partial charge on any atom is -0.490 e. The molecule has 27 heavy (non-hydrogen) atoms. The van der Waals surface area contributed by atoms with Crippen LogP contribution in [0.1, 0.15) is 12.7 Å². The Kier molecular flexibility index (Phi) is 6.73. The molecule has 0 bridgehead atoms. The molecule has 2 aromatic heterocycles. The van der Waals surface area contributed by atoms with Crippen molar-refractivity contribution in [2.24, 2.45) is 4.99 Å². The van der Waals surface area contributed by atoms with E-state index >= 15 is 0 Å². The number of hydrogen-bond acceptors (Lipinski definition) is 4. The molecule has 2 N–H and O–H groups in total. The number of aliphatic imine (C=N–C) groups is 1. The normalized spacial score (nSPS) is 11.6. The summed E-state index contributed by atoms with van der Waals surface area (Å²) >= 11 is 12.1. The van der Waals surface area contributed by atoms with Crippen LogP contribution in [-0.4, -0.2) is 40.3 Å². The lowest BCUT2D eigenvalue weighted by molar-refractivity contribution is 0.322. The van der Waals surface area contributed by atoms with Crippen LogP contribution >= 0.6 is 23.2 Å². The van der Waals surface area contributed by atoms with Crippen molar-refractivity contribution >= 4 is 34.8 Å². The Bertz CT molecular complexity index is 927. The number of aromatic nitrogens is 3. The van der Waals surface area contributed by atoms with Gasteiger partial charge >= 0.3 is 0 Å². The van der Waals surface area contributed by atoms with Gasteiger partial charge in [-0.05, 0) is 31.2 Å². The van der Waals surface area contributed by atoms with Crippen molar-refractivity contribution in [3.8, 4) is 5.75 Å². The van der Waals surface area contributed by atoms with E-state index in [1.165, 1.54) is 0 Å². The summed E-state index contributed by atoms with van der Waals surface area (Å²) in [6.07, 6.45) is 1.92. The Labute approximate surface area is 167 Å². The fourth-order valence-electron chi connectivity index (χ4n) is 2.42. The molecule has 142 valence electrons. The van der Waals surface area contributed by atoms with Gasteiger partial charge in [-0.1, -0.05) is 35.3 Å². The van der Waals surface area contributed by atoms with Crippen molar-refractivity contribution < 1.29 is 4.74 Å². The maximum atomic E-state index is 6.11. The fraction of sp³-hybridized carbons (Fsp3) is 0.278. The smallest absolute Gasteiger partial charge is 0.191 e. The number of ether oxygens (including phenoxy) is 1. The van der Waals surface area contributed by atoms with Crippen LogP contribution in [0.15, 0.2) is 47.6 Å². The van der Waals surface area contributed by atoms with Crippen LogP contribution in [0.3, 0.4) is 0 Å². The van der Waals surface area contributed by atoms with Gasteiger partial charge in [-0.15, -0.1) is 10.2 Å². The highest BCUT2D eigenvalue weighted by Gasteiger charge is 2.06. The van der Waals surface area contributed by atoms with Gasteiger partial charge in [0.15, 0.2) is 17.4 Å². The lowest BCUT2D eigenvalue weighted by atomic mass is 10.3. The van der Waals surface area contributed by atoms with E-state index in [9.17, 15) is 0 Å². The molecular formula is C18H20Cl2N6O. The van der Waals surface area contributed by atoms with Gasteiger partial charge in [0.25, 0.3) is 0 Å². The highest BCUT2D eigenvalue weighted by molar-refractivity contribution is 6.42. The van der Waals surface area contributed by atoms with E-state index in [2.05, 4.69) is 25.8 Å². The predicted octanol–water partition coefficient (Wildman–Crippen LogP) is 3.17. The number of guanidine groups is 1. The van der Waals surface area contributed by atoms with Crippen molar-refractivity contribution in [2.45, 2.75) is 13.5 Å². The molecule has 0 unspecified atom stereocenters. The topological polar surface area (TPSA) is 75.8 Å². The number of pyridine rings is 1. The van der Waals surface area contributed by atoms with Crippen molar-refractivity contribution in [2.75, 3.05) is 19.7 Å². The van der Waals surface area contributed by atoms with Crippen LogP contribution in [0, 0.1) is 0 Å². The SMILES string of the molecule is CCNC(=NCc1nnc2ccccn12)NCCOc1cccc(Cl)c1Cl. The quantitative estimate of drug-likeness (QED) is 0.358. The number of nitrogens with zero attached hydrogens (tertiary/aromatic N) is 4. The molecule has 0 amide bonds. The number of fused-ring (bicyclic) bond motifs is 1. The van der Waals surface area contributed by atoms with Crippen LogP contribution in [0.2, 0.25) is 10.0 Å². The number of benzene rings is 1. The van der Waals surface area contributed by atoms with Gasteiger partial charge in [0.1, 0.15) is 23.9 Å². The monoisotopic (exact) mass is 406 g/mol. The van der Waals surface area contributed by atoms with Crippen molar-refractivity contribution in [1.82, 2.24) is 25.2 Å². The Morgan fingerprint density at radius 2 is 2.04 bits per heavy atom. The zero-order valence-electron chi connectivity index (χ0n) is 14.8. The average molecular weight is 407 g/mol. The molecule has 0 aliphatic carbocycles. The van der Waals surface area contributed by atoms with E-state index in [-0.39, 0.29) is 0 Å². The van der Waals surface area contributed by atoms with Gasteiger partial charge in [0, 0.05) is 12.7 Å². The van der Waals surface area contributed by atoms with E-state index in [0.29, 0.717) is 41.5 Å². The second kappa shape index (κ2) is 9.43. The van der Waals surface area contributed by atoms with Crippen LogP contribution in [0.5, 0.6) is 5.75 Å². The van der Waals surface area contributed by atoms with Crippen molar-refractivity contribution in [3.63, 3.8) is 0 Å². The molecule has 3 aromatic rings. The number of nitrogens with one attached hydrogen (secondary N) is 2. The summed E-state index contributed by atoms with van der Waals surface area (Å²) in [4.78, 5) is 4.55. The molecule has 0 radical (unpaired) electrons. The first-order chi connectivity index (χ1) is 13.2. The Morgan fingerprint density at radius 3 is 2.89 bits per heavy atom. The summed E-state index contributed by atoms with van der Waals surface area (Å²) in [5.41, 5.74) is 0.799. The average Bonchev–Trinajstić information content (AvgIpc) is 3.09. The highest BCUT2D eigenvalue weighted by Crippen LogP contribution is 2.31. The first-order valence-corrected chi connectivity index (χ1v) is 9.32. The molecule has 3 rings (SSSR count). The predicted molar refractivity (Wildman–Crippen MR) is 108 cm³/mol. The first-order valence-electron chi connectivity index (χ1n) is 8.56. The van der Waals surface area contributed by atoms with Crippen LogP contribution < -0.4 is 15.4 Å². The summed E-state index contributed by atoms with van der Waals surface area (Å²) < 4.78 is 7.58. The zero-order chi connectivity index (χ0) is 19.1. The molecular weight excluding hydrogens is 387 g/mol. The minimum atomic E-state index is 0.404. The number of hydrogen-bond donors (Lipinski definition) is 2. The molecule has 0 aliphatic rings. The first kappa shape index (κ1) is 19.3. The molecule has 1 aromatic carbocycles. The third-order valence-corrected chi connectivity index (χ3v) is 4.48. The third-order valence-electron chi connectivity index (χ3n) is 3.68. The molecule has 0 saturated carbocycles. The van der Waals surface area contributed by atoms with E-state index in [4.69, 9.17) is 27.9 Å². The van der Waals surface area contributed by atoms with Crippen LogP contribution in [0.4, 0.5) is 0 Å². The third kappa shape index (κ3) is 5.02. The van der Waals surface area contributed by atoms with E-state index in [0.717, 1.165) is 18.0 Å². The Morgan fingerprint density at radius 1 is 1.15 bits per heavy atom.